The lowest BCUT2D eigenvalue weighted by molar-refractivity contribution is 0.269. The highest BCUT2D eigenvalue weighted by Crippen LogP contribution is 2.21. The molecule has 1 aliphatic rings. The molecule has 1 aliphatic heterocycles. The van der Waals surface area contributed by atoms with Crippen LogP contribution in [0, 0.1) is 5.92 Å². The summed E-state index contributed by atoms with van der Waals surface area (Å²) in [6.07, 6.45) is 1.78. The van der Waals surface area contributed by atoms with Gasteiger partial charge in [-0.15, -0.1) is 0 Å². The molecule has 0 atom stereocenters. The first-order chi connectivity index (χ1) is 10.0. The second-order valence-corrected chi connectivity index (χ2v) is 7.37. The standard InChI is InChI=1S/C14H22ClN3O2S/c1-2-16-11-12-6-8-18(9-7-12)21(19,20)17-14-5-3-4-13(15)10-14/h3-5,10,12,16-17H,2,6-9,11H2,1H3. The van der Waals surface area contributed by atoms with Gasteiger partial charge < -0.3 is 5.32 Å². The number of halogens is 1. The molecule has 1 aromatic rings. The topological polar surface area (TPSA) is 61.4 Å². The van der Waals surface area contributed by atoms with E-state index in [1.54, 1.807) is 24.3 Å². The van der Waals surface area contributed by atoms with Gasteiger partial charge in [0.05, 0.1) is 5.69 Å². The van der Waals surface area contributed by atoms with E-state index in [4.69, 9.17) is 11.6 Å². The van der Waals surface area contributed by atoms with Crippen molar-refractivity contribution in [2.24, 2.45) is 5.92 Å². The Morgan fingerprint density at radius 3 is 2.67 bits per heavy atom. The lowest BCUT2D eigenvalue weighted by atomic mass is 9.98. The summed E-state index contributed by atoms with van der Waals surface area (Å²) in [7, 11) is -3.49. The third-order valence-electron chi connectivity index (χ3n) is 3.67. The van der Waals surface area contributed by atoms with Crippen LogP contribution < -0.4 is 10.0 Å². The van der Waals surface area contributed by atoms with Crippen molar-refractivity contribution in [3.63, 3.8) is 0 Å². The lowest BCUT2D eigenvalue weighted by Crippen LogP contribution is -2.43. The molecular formula is C14H22ClN3O2S. The number of piperidine rings is 1. The number of benzene rings is 1. The van der Waals surface area contributed by atoms with Crippen molar-refractivity contribution in [2.75, 3.05) is 30.9 Å². The number of nitrogens with one attached hydrogen (secondary N) is 2. The van der Waals surface area contributed by atoms with E-state index in [1.165, 1.54) is 4.31 Å². The van der Waals surface area contributed by atoms with Crippen molar-refractivity contribution in [3.05, 3.63) is 29.3 Å². The maximum absolute atomic E-state index is 12.3. The molecule has 118 valence electrons. The Balaban J connectivity index is 1.92. The van der Waals surface area contributed by atoms with Gasteiger partial charge in [-0.2, -0.15) is 12.7 Å². The van der Waals surface area contributed by atoms with E-state index >= 15 is 0 Å². The van der Waals surface area contributed by atoms with Crippen LogP contribution >= 0.6 is 11.6 Å². The van der Waals surface area contributed by atoms with Crippen molar-refractivity contribution in [3.8, 4) is 0 Å². The van der Waals surface area contributed by atoms with E-state index in [9.17, 15) is 8.42 Å². The summed E-state index contributed by atoms with van der Waals surface area (Å²) in [5.74, 6) is 0.558. The Morgan fingerprint density at radius 2 is 2.05 bits per heavy atom. The van der Waals surface area contributed by atoms with Crippen LogP contribution in [0.25, 0.3) is 0 Å². The van der Waals surface area contributed by atoms with Gasteiger partial charge in [0, 0.05) is 18.1 Å². The third-order valence-corrected chi connectivity index (χ3v) is 5.44. The van der Waals surface area contributed by atoms with Gasteiger partial charge in [0.25, 0.3) is 0 Å². The zero-order valence-electron chi connectivity index (χ0n) is 12.2. The molecule has 0 bridgehead atoms. The normalized spacial score (nSPS) is 17.8. The van der Waals surface area contributed by atoms with Crippen molar-refractivity contribution >= 4 is 27.5 Å². The summed E-state index contributed by atoms with van der Waals surface area (Å²) >= 11 is 5.87. The van der Waals surface area contributed by atoms with Crippen LogP contribution in [0.2, 0.25) is 5.02 Å². The molecule has 0 aliphatic carbocycles. The molecule has 1 heterocycles. The predicted octanol–water partition coefficient (Wildman–Crippen LogP) is 2.32. The van der Waals surface area contributed by atoms with Crippen LogP contribution in [0.15, 0.2) is 24.3 Å². The van der Waals surface area contributed by atoms with Gasteiger partial charge >= 0.3 is 10.2 Å². The third kappa shape index (κ3) is 4.85. The Kier molecular flexibility index (Phi) is 5.87. The number of anilines is 1. The Hall–Kier alpha value is -0.820. The fourth-order valence-electron chi connectivity index (χ4n) is 2.47. The number of rotatable bonds is 6. The molecule has 21 heavy (non-hydrogen) atoms. The molecule has 0 aromatic heterocycles. The van der Waals surface area contributed by atoms with Crippen molar-refractivity contribution in [1.29, 1.82) is 0 Å². The molecule has 2 N–H and O–H groups in total. The fourth-order valence-corrected chi connectivity index (χ4v) is 3.90. The second-order valence-electron chi connectivity index (χ2n) is 5.27. The first kappa shape index (κ1) is 16.5. The van der Waals surface area contributed by atoms with E-state index in [2.05, 4.69) is 17.0 Å². The van der Waals surface area contributed by atoms with Crippen molar-refractivity contribution in [2.45, 2.75) is 19.8 Å². The van der Waals surface area contributed by atoms with Crippen LogP contribution in [0.5, 0.6) is 0 Å². The first-order valence-electron chi connectivity index (χ1n) is 7.25. The van der Waals surface area contributed by atoms with Crippen LogP contribution in [0.3, 0.4) is 0 Å². The second kappa shape index (κ2) is 7.45. The minimum atomic E-state index is -3.49. The largest absolute Gasteiger partial charge is 0.317 e. The van der Waals surface area contributed by atoms with Gasteiger partial charge in [-0.1, -0.05) is 24.6 Å². The number of hydrogen-bond donors (Lipinski definition) is 2. The molecule has 1 aromatic carbocycles. The van der Waals surface area contributed by atoms with Crippen molar-refractivity contribution in [1.82, 2.24) is 9.62 Å². The molecule has 7 heteroatoms. The maximum atomic E-state index is 12.3. The highest BCUT2D eigenvalue weighted by atomic mass is 35.5. The minimum Gasteiger partial charge on any atom is -0.317 e. The van der Waals surface area contributed by atoms with Crippen LogP contribution in [-0.4, -0.2) is 38.9 Å². The molecule has 1 saturated heterocycles. The van der Waals surface area contributed by atoms with E-state index in [-0.39, 0.29) is 0 Å². The summed E-state index contributed by atoms with van der Waals surface area (Å²) in [5.41, 5.74) is 0.497. The van der Waals surface area contributed by atoms with Crippen LogP contribution in [0.1, 0.15) is 19.8 Å². The van der Waals surface area contributed by atoms with E-state index in [0.717, 1.165) is 25.9 Å². The summed E-state index contributed by atoms with van der Waals surface area (Å²) in [4.78, 5) is 0. The molecule has 2 rings (SSSR count). The average molecular weight is 332 g/mol. The Morgan fingerprint density at radius 1 is 1.33 bits per heavy atom. The summed E-state index contributed by atoms with van der Waals surface area (Å²) in [6.45, 7) is 5.12. The SMILES string of the molecule is CCNCC1CCN(S(=O)(=O)Nc2cccc(Cl)c2)CC1. The summed E-state index contributed by atoms with van der Waals surface area (Å²) in [5, 5.41) is 3.83. The van der Waals surface area contributed by atoms with Crippen LogP contribution in [0.4, 0.5) is 5.69 Å². The zero-order chi connectivity index (χ0) is 15.3. The molecule has 0 spiro atoms. The van der Waals surface area contributed by atoms with Gasteiger partial charge in [-0.3, -0.25) is 4.72 Å². The predicted molar refractivity (Wildman–Crippen MR) is 86.8 cm³/mol. The van der Waals surface area contributed by atoms with E-state index in [1.807, 2.05) is 0 Å². The number of nitrogens with zero attached hydrogens (tertiary/aromatic N) is 1. The quantitative estimate of drug-likeness (QED) is 0.841. The number of hydrogen-bond acceptors (Lipinski definition) is 3. The Bertz CT molecular complexity index is 557. The molecule has 0 radical (unpaired) electrons. The van der Waals surface area contributed by atoms with Gasteiger partial charge in [0.2, 0.25) is 0 Å². The van der Waals surface area contributed by atoms with E-state index in [0.29, 0.717) is 29.7 Å². The fraction of sp³-hybridized carbons (Fsp3) is 0.571. The van der Waals surface area contributed by atoms with Crippen LogP contribution in [-0.2, 0) is 10.2 Å². The smallest absolute Gasteiger partial charge is 0.301 e. The molecule has 5 nitrogen and oxygen atoms in total. The minimum absolute atomic E-state index is 0.497. The average Bonchev–Trinajstić information content (AvgIpc) is 2.45. The molecular weight excluding hydrogens is 310 g/mol. The highest BCUT2D eigenvalue weighted by molar-refractivity contribution is 7.90. The highest BCUT2D eigenvalue weighted by Gasteiger charge is 2.27. The molecule has 0 saturated carbocycles. The first-order valence-corrected chi connectivity index (χ1v) is 9.07. The monoisotopic (exact) mass is 331 g/mol. The molecule has 0 amide bonds. The van der Waals surface area contributed by atoms with Crippen molar-refractivity contribution < 1.29 is 8.42 Å². The zero-order valence-corrected chi connectivity index (χ0v) is 13.8. The van der Waals surface area contributed by atoms with E-state index < -0.39 is 10.2 Å². The maximum Gasteiger partial charge on any atom is 0.301 e. The van der Waals surface area contributed by atoms with Gasteiger partial charge in [-0.05, 0) is 50.0 Å². The Labute approximate surface area is 131 Å². The molecule has 1 fully saturated rings. The van der Waals surface area contributed by atoms with Gasteiger partial charge in [0.1, 0.15) is 0 Å². The summed E-state index contributed by atoms with van der Waals surface area (Å²) in [6, 6.07) is 6.74. The van der Waals surface area contributed by atoms with Gasteiger partial charge in [-0.25, -0.2) is 0 Å². The van der Waals surface area contributed by atoms with Gasteiger partial charge in [0.15, 0.2) is 0 Å². The lowest BCUT2D eigenvalue weighted by Gasteiger charge is -2.31. The summed E-state index contributed by atoms with van der Waals surface area (Å²) < 4.78 is 28.8. The molecule has 0 unspecified atom stereocenters.